The summed E-state index contributed by atoms with van der Waals surface area (Å²) in [6.07, 6.45) is 3.07. The molecule has 0 fully saturated rings. The SMILES string of the molecule is CCSCCCNc1ccnc2ccccc12. The van der Waals surface area contributed by atoms with Crippen LogP contribution in [0.1, 0.15) is 13.3 Å². The Balaban J connectivity index is 1.98. The van der Waals surface area contributed by atoms with Crippen LogP contribution in [0, 0.1) is 0 Å². The van der Waals surface area contributed by atoms with Crippen LogP contribution in [0.2, 0.25) is 0 Å². The van der Waals surface area contributed by atoms with Gasteiger partial charge < -0.3 is 5.32 Å². The summed E-state index contributed by atoms with van der Waals surface area (Å²) in [5, 5.41) is 4.70. The lowest BCUT2D eigenvalue weighted by Gasteiger charge is -2.08. The number of hydrogen-bond acceptors (Lipinski definition) is 3. The number of benzene rings is 1. The van der Waals surface area contributed by atoms with Gasteiger partial charge in [-0.25, -0.2) is 0 Å². The summed E-state index contributed by atoms with van der Waals surface area (Å²) in [7, 11) is 0. The van der Waals surface area contributed by atoms with Crippen LogP contribution in [0.25, 0.3) is 10.9 Å². The minimum Gasteiger partial charge on any atom is -0.384 e. The number of pyridine rings is 1. The van der Waals surface area contributed by atoms with E-state index in [0.717, 1.165) is 12.1 Å². The Morgan fingerprint density at radius 3 is 3.00 bits per heavy atom. The van der Waals surface area contributed by atoms with Crippen LogP contribution in [0.3, 0.4) is 0 Å². The number of nitrogens with one attached hydrogen (secondary N) is 1. The van der Waals surface area contributed by atoms with Crippen LogP contribution in [0.5, 0.6) is 0 Å². The molecule has 0 aliphatic heterocycles. The largest absolute Gasteiger partial charge is 0.384 e. The first-order valence-corrected chi connectivity index (χ1v) is 7.22. The van der Waals surface area contributed by atoms with Gasteiger partial charge in [0.2, 0.25) is 0 Å². The van der Waals surface area contributed by atoms with E-state index in [1.807, 2.05) is 30.1 Å². The highest BCUT2D eigenvalue weighted by molar-refractivity contribution is 7.99. The number of fused-ring (bicyclic) bond motifs is 1. The van der Waals surface area contributed by atoms with Crippen LogP contribution < -0.4 is 5.32 Å². The lowest BCUT2D eigenvalue weighted by molar-refractivity contribution is 0.993. The van der Waals surface area contributed by atoms with Gasteiger partial charge in [0.15, 0.2) is 0 Å². The first kappa shape index (κ1) is 12.2. The van der Waals surface area contributed by atoms with E-state index in [0.29, 0.717) is 0 Å². The Morgan fingerprint density at radius 2 is 2.12 bits per heavy atom. The molecule has 2 rings (SSSR count). The predicted molar refractivity (Wildman–Crippen MR) is 77.8 cm³/mol. The maximum atomic E-state index is 4.36. The second-order valence-corrected chi connectivity index (χ2v) is 5.25. The van der Waals surface area contributed by atoms with Crippen LogP contribution in [0.4, 0.5) is 5.69 Å². The molecule has 2 aromatic rings. The molecule has 1 N–H and O–H groups in total. The number of nitrogens with zero attached hydrogens (tertiary/aromatic N) is 1. The highest BCUT2D eigenvalue weighted by atomic mass is 32.2. The molecular formula is C14H18N2S. The van der Waals surface area contributed by atoms with Gasteiger partial charge in [-0.15, -0.1) is 0 Å². The third-order valence-electron chi connectivity index (χ3n) is 2.63. The maximum absolute atomic E-state index is 4.36. The molecule has 0 radical (unpaired) electrons. The van der Waals surface area contributed by atoms with Crippen molar-refractivity contribution in [3.63, 3.8) is 0 Å². The normalized spacial score (nSPS) is 10.6. The van der Waals surface area contributed by atoms with Crippen molar-refractivity contribution in [3.05, 3.63) is 36.5 Å². The Kier molecular flexibility index (Phi) is 4.68. The van der Waals surface area contributed by atoms with Crippen molar-refractivity contribution in [2.75, 3.05) is 23.4 Å². The molecule has 0 aliphatic rings. The molecule has 0 atom stereocenters. The predicted octanol–water partition coefficient (Wildman–Crippen LogP) is 3.79. The summed E-state index contributed by atoms with van der Waals surface area (Å²) in [4.78, 5) is 4.36. The van der Waals surface area contributed by atoms with Crippen molar-refractivity contribution in [1.82, 2.24) is 4.98 Å². The number of rotatable bonds is 6. The van der Waals surface area contributed by atoms with Crippen LogP contribution in [-0.2, 0) is 0 Å². The molecule has 17 heavy (non-hydrogen) atoms. The Morgan fingerprint density at radius 1 is 1.24 bits per heavy atom. The lowest BCUT2D eigenvalue weighted by atomic mass is 10.2. The summed E-state index contributed by atoms with van der Waals surface area (Å²) in [6, 6.07) is 10.3. The standard InChI is InChI=1S/C14H18N2S/c1-2-17-11-5-9-15-14-8-10-16-13-7-4-3-6-12(13)14/h3-4,6-8,10H,2,5,9,11H2,1H3,(H,15,16). The van der Waals surface area contributed by atoms with Gasteiger partial charge in [-0.05, 0) is 30.1 Å². The summed E-state index contributed by atoms with van der Waals surface area (Å²) in [6.45, 7) is 3.23. The van der Waals surface area contributed by atoms with Gasteiger partial charge in [-0.2, -0.15) is 11.8 Å². The number of aromatic nitrogens is 1. The minimum absolute atomic E-state index is 1.03. The van der Waals surface area contributed by atoms with E-state index in [4.69, 9.17) is 0 Å². The monoisotopic (exact) mass is 246 g/mol. The van der Waals surface area contributed by atoms with Gasteiger partial charge in [0, 0.05) is 23.8 Å². The molecule has 0 spiro atoms. The van der Waals surface area contributed by atoms with Gasteiger partial charge in [0.05, 0.1) is 5.52 Å². The zero-order valence-corrected chi connectivity index (χ0v) is 11.0. The highest BCUT2D eigenvalue weighted by Gasteiger charge is 1.99. The Bertz CT molecular complexity index is 465. The third kappa shape index (κ3) is 3.37. The molecule has 2 nitrogen and oxygen atoms in total. The third-order valence-corrected chi connectivity index (χ3v) is 3.62. The minimum atomic E-state index is 1.03. The smallest absolute Gasteiger partial charge is 0.0722 e. The Hall–Kier alpha value is -1.22. The van der Waals surface area contributed by atoms with Crippen molar-refractivity contribution < 1.29 is 0 Å². The molecule has 0 aliphatic carbocycles. The Labute approximate surface area is 107 Å². The second-order valence-electron chi connectivity index (χ2n) is 3.85. The van der Waals surface area contributed by atoms with Crippen LogP contribution in [-0.4, -0.2) is 23.0 Å². The first-order valence-electron chi connectivity index (χ1n) is 6.07. The zero-order valence-electron chi connectivity index (χ0n) is 10.1. The van der Waals surface area contributed by atoms with Gasteiger partial charge in [-0.3, -0.25) is 4.98 Å². The molecule has 1 aromatic heterocycles. The number of hydrogen-bond donors (Lipinski definition) is 1. The van der Waals surface area contributed by atoms with E-state index < -0.39 is 0 Å². The molecule has 3 heteroatoms. The maximum Gasteiger partial charge on any atom is 0.0722 e. The fourth-order valence-corrected chi connectivity index (χ4v) is 2.43. The fourth-order valence-electron chi connectivity index (χ4n) is 1.79. The van der Waals surface area contributed by atoms with Crippen LogP contribution in [0.15, 0.2) is 36.5 Å². The molecule has 0 bridgehead atoms. The van der Waals surface area contributed by atoms with E-state index in [-0.39, 0.29) is 0 Å². The summed E-state index contributed by atoms with van der Waals surface area (Å²) < 4.78 is 0. The van der Waals surface area contributed by atoms with Crippen molar-refractivity contribution in [1.29, 1.82) is 0 Å². The van der Waals surface area contributed by atoms with Gasteiger partial charge >= 0.3 is 0 Å². The summed E-state index contributed by atoms with van der Waals surface area (Å²) in [5.41, 5.74) is 2.25. The number of anilines is 1. The molecule has 0 saturated carbocycles. The van der Waals surface area contributed by atoms with E-state index in [1.54, 1.807) is 0 Å². The van der Waals surface area contributed by atoms with E-state index >= 15 is 0 Å². The topological polar surface area (TPSA) is 24.9 Å². The van der Waals surface area contributed by atoms with Gasteiger partial charge in [-0.1, -0.05) is 25.1 Å². The van der Waals surface area contributed by atoms with E-state index in [1.165, 1.54) is 29.0 Å². The quantitative estimate of drug-likeness (QED) is 0.785. The second kappa shape index (κ2) is 6.50. The van der Waals surface area contributed by atoms with Crippen molar-refractivity contribution >= 4 is 28.4 Å². The van der Waals surface area contributed by atoms with Crippen molar-refractivity contribution in [3.8, 4) is 0 Å². The van der Waals surface area contributed by atoms with Crippen molar-refractivity contribution in [2.45, 2.75) is 13.3 Å². The molecule has 1 heterocycles. The van der Waals surface area contributed by atoms with Crippen molar-refractivity contribution in [2.24, 2.45) is 0 Å². The average molecular weight is 246 g/mol. The molecule has 90 valence electrons. The number of thioether (sulfide) groups is 1. The highest BCUT2D eigenvalue weighted by Crippen LogP contribution is 2.20. The van der Waals surface area contributed by atoms with Gasteiger partial charge in [0.25, 0.3) is 0 Å². The molecule has 0 amide bonds. The number of para-hydroxylation sites is 1. The molecule has 0 saturated heterocycles. The molecule has 0 unspecified atom stereocenters. The average Bonchev–Trinajstić information content (AvgIpc) is 2.39. The molecular weight excluding hydrogens is 228 g/mol. The lowest BCUT2D eigenvalue weighted by Crippen LogP contribution is -2.03. The first-order chi connectivity index (χ1) is 8.42. The zero-order chi connectivity index (χ0) is 11.9. The summed E-state index contributed by atoms with van der Waals surface area (Å²) >= 11 is 1.99. The van der Waals surface area contributed by atoms with Gasteiger partial charge in [0.1, 0.15) is 0 Å². The molecule has 1 aromatic carbocycles. The van der Waals surface area contributed by atoms with Crippen LogP contribution >= 0.6 is 11.8 Å². The van der Waals surface area contributed by atoms with E-state index in [9.17, 15) is 0 Å². The summed E-state index contributed by atoms with van der Waals surface area (Å²) in [5.74, 6) is 2.44. The van der Waals surface area contributed by atoms with E-state index in [2.05, 4.69) is 35.4 Å². The fraction of sp³-hybridized carbons (Fsp3) is 0.357.